The molecule has 1 aliphatic rings. The average Bonchev–Trinajstić information content (AvgIpc) is 2.43. The van der Waals surface area contributed by atoms with Crippen LogP contribution < -0.4 is 5.32 Å². The first-order valence-corrected chi connectivity index (χ1v) is 6.77. The molecular weight excluding hydrogens is 256 g/mol. The summed E-state index contributed by atoms with van der Waals surface area (Å²) in [7, 11) is 3.65. The van der Waals surface area contributed by atoms with Gasteiger partial charge in [0.15, 0.2) is 0 Å². The molecule has 1 fully saturated rings. The summed E-state index contributed by atoms with van der Waals surface area (Å²) in [5, 5.41) is 12.0. The molecule has 2 N–H and O–H groups in total. The van der Waals surface area contributed by atoms with Gasteiger partial charge in [0.05, 0.1) is 25.2 Å². The molecule has 0 atom stereocenters. The van der Waals surface area contributed by atoms with Gasteiger partial charge in [-0.05, 0) is 24.7 Å². The highest BCUT2D eigenvalue weighted by Gasteiger charge is 2.38. The fourth-order valence-electron chi connectivity index (χ4n) is 2.47. The van der Waals surface area contributed by atoms with Gasteiger partial charge in [-0.25, -0.2) is 0 Å². The highest BCUT2D eigenvalue weighted by molar-refractivity contribution is 5.93. The fraction of sp³-hybridized carbons (Fsp3) is 0.533. The Morgan fingerprint density at radius 2 is 2.05 bits per heavy atom. The Morgan fingerprint density at radius 1 is 1.40 bits per heavy atom. The topological polar surface area (TPSA) is 61.8 Å². The van der Waals surface area contributed by atoms with Gasteiger partial charge in [-0.15, -0.1) is 0 Å². The molecule has 1 aromatic carbocycles. The summed E-state index contributed by atoms with van der Waals surface area (Å²) >= 11 is 0. The lowest BCUT2D eigenvalue weighted by molar-refractivity contribution is -0.147. The Labute approximate surface area is 119 Å². The molecule has 110 valence electrons. The van der Waals surface area contributed by atoms with Crippen LogP contribution in [0, 0.1) is 5.41 Å². The standard InChI is InChI=1S/C15H22N2O3/c1-16-14(19)13-5-3-12(4-6-13)7-17(2)8-15(9-18)10-20-11-15/h3-6,18H,7-11H2,1-2H3,(H,16,19). The van der Waals surface area contributed by atoms with Crippen LogP contribution >= 0.6 is 0 Å². The number of hydrogen-bond acceptors (Lipinski definition) is 4. The van der Waals surface area contributed by atoms with Gasteiger partial charge in [0.2, 0.25) is 0 Å². The van der Waals surface area contributed by atoms with Gasteiger partial charge in [-0.1, -0.05) is 12.1 Å². The molecule has 1 aromatic rings. The summed E-state index contributed by atoms with van der Waals surface area (Å²) in [6, 6.07) is 7.58. The first kappa shape index (κ1) is 15.0. The Bertz CT molecular complexity index is 449. The number of nitrogens with one attached hydrogen (secondary N) is 1. The quantitative estimate of drug-likeness (QED) is 0.795. The van der Waals surface area contributed by atoms with E-state index in [1.807, 2.05) is 31.3 Å². The zero-order valence-electron chi connectivity index (χ0n) is 12.1. The zero-order valence-corrected chi connectivity index (χ0v) is 12.1. The highest BCUT2D eigenvalue weighted by atomic mass is 16.5. The second-order valence-corrected chi connectivity index (χ2v) is 5.60. The summed E-state index contributed by atoms with van der Waals surface area (Å²) in [6.07, 6.45) is 0. The minimum absolute atomic E-state index is 0.0734. The molecule has 0 bridgehead atoms. The third kappa shape index (κ3) is 3.36. The molecule has 0 aliphatic carbocycles. The van der Waals surface area contributed by atoms with Gasteiger partial charge in [0, 0.05) is 25.7 Å². The van der Waals surface area contributed by atoms with E-state index >= 15 is 0 Å². The molecule has 1 amide bonds. The van der Waals surface area contributed by atoms with E-state index in [1.54, 1.807) is 7.05 Å². The molecule has 2 rings (SSSR count). The van der Waals surface area contributed by atoms with Crippen LogP contribution in [0.3, 0.4) is 0 Å². The predicted molar refractivity (Wildman–Crippen MR) is 76.5 cm³/mol. The Morgan fingerprint density at radius 3 is 2.50 bits per heavy atom. The van der Waals surface area contributed by atoms with Crippen LogP contribution in [0.15, 0.2) is 24.3 Å². The van der Waals surface area contributed by atoms with Gasteiger partial charge in [0.1, 0.15) is 0 Å². The first-order valence-electron chi connectivity index (χ1n) is 6.77. The molecule has 0 spiro atoms. The van der Waals surface area contributed by atoms with Gasteiger partial charge >= 0.3 is 0 Å². The van der Waals surface area contributed by atoms with Crippen molar-refractivity contribution in [3.63, 3.8) is 0 Å². The SMILES string of the molecule is CNC(=O)c1ccc(CN(C)CC2(CO)COC2)cc1. The predicted octanol–water partition coefficient (Wildman–Crippen LogP) is 0.487. The second-order valence-electron chi connectivity index (χ2n) is 5.60. The normalized spacial score (nSPS) is 16.8. The van der Waals surface area contributed by atoms with Gasteiger partial charge < -0.3 is 20.1 Å². The third-order valence-corrected chi connectivity index (χ3v) is 3.65. The Hall–Kier alpha value is -1.43. The highest BCUT2D eigenvalue weighted by Crippen LogP contribution is 2.27. The summed E-state index contributed by atoms with van der Waals surface area (Å²) in [6.45, 7) is 3.01. The maximum atomic E-state index is 11.5. The fourth-order valence-corrected chi connectivity index (χ4v) is 2.47. The molecular formula is C15H22N2O3. The molecule has 5 nitrogen and oxygen atoms in total. The van der Waals surface area contributed by atoms with Crippen molar-refractivity contribution in [2.24, 2.45) is 5.41 Å². The largest absolute Gasteiger partial charge is 0.396 e. The number of ether oxygens (including phenoxy) is 1. The number of benzene rings is 1. The molecule has 5 heteroatoms. The van der Waals surface area contributed by atoms with Crippen molar-refractivity contribution < 1.29 is 14.6 Å². The van der Waals surface area contributed by atoms with Crippen molar-refractivity contribution in [3.8, 4) is 0 Å². The van der Waals surface area contributed by atoms with Gasteiger partial charge in [0.25, 0.3) is 5.91 Å². The molecule has 0 aromatic heterocycles. The summed E-state index contributed by atoms with van der Waals surface area (Å²) < 4.78 is 5.20. The number of aliphatic hydroxyl groups is 1. The van der Waals surface area contributed by atoms with E-state index in [2.05, 4.69) is 10.2 Å². The molecule has 0 saturated carbocycles. The molecule has 0 unspecified atom stereocenters. The molecule has 20 heavy (non-hydrogen) atoms. The Kier molecular flexibility index (Phi) is 4.75. The number of rotatable bonds is 6. The van der Waals surface area contributed by atoms with E-state index in [4.69, 9.17) is 4.74 Å². The number of carbonyl (C=O) groups is 1. The van der Waals surface area contributed by atoms with Crippen LogP contribution in [0.5, 0.6) is 0 Å². The van der Waals surface area contributed by atoms with E-state index in [0.29, 0.717) is 18.8 Å². The van der Waals surface area contributed by atoms with Crippen molar-refractivity contribution in [1.29, 1.82) is 0 Å². The van der Waals surface area contributed by atoms with Crippen molar-refractivity contribution in [2.45, 2.75) is 6.54 Å². The summed E-state index contributed by atoms with van der Waals surface area (Å²) in [5.74, 6) is -0.0734. The van der Waals surface area contributed by atoms with Crippen LogP contribution in [0.1, 0.15) is 15.9 Å². The number of carbonyl (C=O) groups excluding carboxylic acids is 1. The van der Waals surface area contributed by atoms with Crippen molar-refractivity contribution in [1.82, 2.24) is 10.2 Å². The first-order chi connectivity index (χ1) is 9.58. The van der Waals surface area contributed by atoms with E-state index in [-0.39, 0.29) is 17.9 Å². The van der Waals surface area contributed by atoms with Crippen molar-refractivity contribution in [3.05, 3.63) is 35.4 Å². The van der Waals surface area contributed by atoms with Crippen LogP contribution in [-0.2, 0) is 11.3 Å². The summed E-state index contributed by atoms with van der Waals surface area (Å²) in [4.78, 5) is 13.6. The minimum Gasteiger partial charge on any atom is -0.396 e. The van der Waals surface area contributed by atoms with Gasteiger partial charge in [-0.3, -0.25) is 4.79 Å². The number of aliphatic hydroxyl groups excluding tert-OH is 1. The third-order valence-electron chi connectivity index (χ3n) is 3.65. The van der Waals surface area contributed by atoms with E-state index in [1.165, 1.54) is 0 Å². The van der Waals surface area contributed by atoms with Crippen LogP contribution in [0.25, 0.3) is 0 Å². The summed E-state index contributed by atoms with van der Waals surface area (Å²) in [5.41, 5.74) is 1.71. The lowest BCUT2D eigenvalue weighted by Gasteiger charge is -2.42. The number of nitrogens with zero attached hydrogens (tertiary/aromatic N) is 1. The van der Waals surface area contributed by atoms with E-state index in [0.717, 1.165) is 18.7 Å². The van der Waals surface area contributed by atoms with Crippen LogP contribution in [0.2, 0.25) is 0 Å². The van der Waals surface area contributed by atoms with E-state index < -0.39 is 0 Å². The molecule has 1 aliphatic heterocycles. The smallest absolute Gasteiger partial charge is 0.251 e. The lowest BCUT2D eigenvalue weighted by atomic mass is 9.86. The van der Waals surface area contributed by atoms with Gasteiger partial charge in [-0.2, -0.15) is 0 Å². The number of hydrogen-bond donors (Lipinski definition) is 2. The molecule has 1 saturated heterocycles. The van der Waals surface area contributed by atoms with Crippen molar-refractivity contribution in [2.75, 3.05) is 40.5 Å². The van der Waals surface area contributed by atoms with Crippen molar-refractivity contribution >= 4 is 5.91 Å². The lowest BCUT2D eigenvalue weighted by Crippen LogP contribution is -2.52. The second kappa shape index (κ2) is 6.35. The number of amides is 1. The maximum absolute atomic E-state index is 11.5. The van der Waals surface area contributed by atoms with Crippen LogP contribution in [0.4, 0.5) is 0 Å². The molecule has 0 radical (unpaired) electrons. The zero-order chi connectivity index (χ0) is 14.6. The van der Waals surface area contributed by atoms with Crippen LogP contribution in [-0.4, -0.2) is 56.4 Å². The molecule has 1 heterocycles. The maximum Gasteiger partial charge on any atom is 0.251 e. The monoisotopic (exact) mass is 278 g/mol. The average molecular weight is 278 g/mol. The Balaban J connectivity index is 1.91. The van der Waals surface area contributed by atoms with E-state index in [9.17, 15) is 9.90 Å². The minimum atomic E-state index is -0.100.